The van der Waals surface area contributed by atoms with Crippen molar-refractivity contribution in [2.45, 2.75) is 43.6 Å². The summed E-state index contributed by atoms with van der Waals surface area (Å²) in [4.78, 5) is 37.5. The number of carbonyl (C=O) groups is 3. The molecule has 0 aliphatic carbocycles. The van der Waals surface area contributed by atoms with E-state index in [9.17, 15) is 31.1 Å². The van der Waals surface area contributed by atoms with E-state index in [0.717, 1.165) is 50.2 Å². The Bertz CT molecular complexity index is 1430. The van der Waals surface area contributed by atoms with Crippen LogP contribution in [-0.2, 0) is 28.6 Å². The van der Waals surface area contributed by atoms with Crippen LogP contribution < -0.4 is 4.74 Å². The molecule has 2 N–H and O–H groups in total. The van der Waals surface area contributed by atoms with Crippen LogP contribution in [0, 0.1) is 0 Å². The van der Waals surface area contributed by atoms with E-state index in [2.05, 4.69) is 9.67 Å². The second kappa shape index (κ2) is 12.7. The second-order valence-corrected chi connectivity index (χ2v) is 9.68. The standard InChI is InChI=1S/C22H25N5O2.2C2HF3O2/c1-25-15-17(13-24-25)19-14-23-21-22(8-11-27(19)21)6-9-26(10-7-22)20(28)16-4-3-5-18(12-16)29-2;2*3-2(4,5)1(6)7/h3-5,12-15H,6-11H2,1-2H3;2*(H,6,7). The largest absolute Gasteiger partial charge is 0.497 e. The molecule has 3 aromatic rings. The highest BCUT2D eigenvalue weighted by atomic mass is 19.4. The summed E-state index contributed by atoms with van der Waals surface area (Å²) in [6.07, 6.45) is -1.28. The fourth-order valence-electron chi connectivity index (χ4n) is 4.80. The number of hydrogen-bond acceptors (Lipinski definition) is 6. The molecule has 5 rings (SSSR count). The maximum atomic E-state index is 12.9. The maximum absolute atomic E-state index is 12.9. The van der Waals surface area contributed by atoms with E-state index in [1.807, 2.05) is 59.5 Å². The summed E-state index contributed by atoms with van der Waals surface area (Å²) in [6, 6.07) is 7.40. The van der Waals surface area contributed by atoms with Gasteiger partial charge in [-0.15, -0.1) is 0 Å². The number of fused-ring (bicyclic) bond motifs is 2. The van der Waals surface area contributed by atoms with Gasteiger partial charge in [0, 0.05) is 49.4 Å². The average molecular weight is 620 g/mol. The van der Waals surface area contributed by atoms with Crippen molar-refractivity contribution in [3.8, 4) is 17.0 Å². The summed E-state index contributed by atoms with van der Waals surface area (Å²) in [6.45, 7) is 2.49. The van der Waals surface area contributed by atoms with Crippen LogP contribution in [0.4, 0.5) is 26.3 Å². The number of carboxylic acid groups (broad SMARTS) is 2. The number of imidazole rings is 1. The molecule has 11 nitrogen and oxygen atoms in total. The highest BCUT2D eigenvalue weighted by Gasteiger charge is 2.45. The van der Waals surface area contributed by atoms with Crippen molar-refractivity contribution in [3.63, 3.8) is 0 Å². The predicted octanol–water partition coefficient (Wildman–Crippen LogP) is 4.14. The smallest absolute Gasteiger partial charge is 0.490 e. The molecule has 43 heavy (non-hydrogen) atoms. The minimum atomic E-state index is -5.08. The Morgan fingerprint density at radius 3 is 1.98 bits per heavy atom. The topological polar surface area (TPSA) is 140 Å². The molecule has 2 aliphatic rings. The highest BCUT2D eigenvalue weighted by molar-refractivity contribution is 5.94. The molecule has 4 heterocycles. The summed E-state index contributed by atoms with van der Waals surface area (Å²) in [5.41, 5.74) is 3.01. The summed E-state index contributed by atoms with van der Waals surface area (Å²) in [5, 5.41) is 18.5. The van der Waals surface area contributed by atoms with Crippen molar-refractivity contribution in [1.29, 1.82) is 0 Å². The number of rotatable bonds is 3. The van der Waals surface area contributed by atoms with Gasteiger partial charge in [0.25, 0.3) is 5.91 Å². The van der Waals surface area contributed by atoms with Crippen molar-refractivity contribution >= 4 is 17.8 Å². The summed E-state index contributed by atoms with van der Waals surface area (Å²) < 4.78 is 72.9. The molecule has 1 saturated heterocycles. The Balaban J connectivity index is 0.000000303. The molecule has 2 aromatic heterocycles. The number of hydrogen-bond donors (Lipinski definition) is 2. The Morgan fingerprint density at radius 1 is 0.930 bits per heavy atom. The lowest BCUT2D eigenvalue weighted by Gasteiger charge is -2.38. The van der Waals surface area contributed by atoms with Gasteiger partial charge in [0.1, 0.15) is 11.6 Å². The molecule has 0 unspecified atom stereocenters. The van der Waals surface area contributed by atoms with Crippen molar-refractivity contribution in [2.24, 2.45) is 7.05 Å². The van der Waals surface area contributed by atoms with E-state index in [4.69, 9.17) is 29.5 Å². The average Bonchev–Trinajstić information content (AvgIpc) is 3.65. The van der Waals surface area contributed by atoms with E-state index in [1.165, 1.54) is 5.82 Å². The molecule has 0 atom stereocenters. The van der Waals surface area contributed by atoms with Crippen LogP contribution in [0.15, 0.2) is 42.9 Å². The third kappa shape index (κ3) is 7.84. The van der Waals surface area contributed by atoms with E-state index in [0.29, 0.717) is 11.3 Å². The number of methoxy groups -OCH3 is 1. The third-order valence-electron chi connectivity index (χ3n) is 6.95. The normalized spacial score (nSPS) is 15.5. The number of aromatic nitrogens is 4. The van der Waals surface area contributed by atoms with Gasteiger partial charge in [-0.25, -0.2) is 14.6 Å². The van der Waals surface area contributed by atoms with Gasteiger partial charge in [-0.2, -0.15) is 31.4 Å². The van der Waals surface area contributed by atoms with E-state index < -0.39 is 24.3 Å². The minimum Gasteiger partial charge on any atom is -0.497 e. The van der Waals surface area contributed by atoms with Crippen molar-refractivity contribution < 1.29 is 55.7 Å². The van der Waals surface area contributed by atoms with E-state index in [-0.39, 0.29) is 11.3 Å². The van der Waals surface area contributed by atoms with E-state index in [1.54, 1.807) is 7.11 Å². The van der Waals surface area contributed by atoms with Gasteiger partial charge in [-0.1, -0.05) is 6.07 Å². The summed E-state index contributed by atoms with van der Waals surface area (Å²) in [7, 11) is 3.55. The van der Waals surface area contributed by atoms with Crippen LogP contribution in [0.3, 0.4) is 0 Å². The molecule has 0 saturated carbocycles. The highest BCUT2D eigenvalue weighted by Crippen LogP contribution is 2.44. The second-order valence-electron chi connectivity index (χ2n) is 9.68. The van der Waals surface area contributed by atoms with Gasteiger partial charge in [-0.05, 0) is 37.5 Å². The SMILES string of the molecule is COc1cccc(C(=O)N2CCC3(CC2)CCn2c(-c4cnn(C)c4)cnc23)c1.O=C(O)C(F)(F)F.O=C(O)C(F)(F)F. The number of aliphatic carboxylic acids is 2. The lowest BCUT2D eigenvalue weighted by atomic mass is 9.76. The molecule has 1 amide bonds. The monoisotopic (exact) mass is 619 g/mol. The van der Waals surface area contributed by atoms with Gasteiger partial charge >= 0.3 is 24.3 Å². The zero-order valence-electron chi connectivity index (χ0n) is 22.8. The summed E-state index contributed by atoms with van der Waals surface area (Å²) in [5.74, 6) is -3.55. The molecule has 17 heteroatoms. The molecule has 0 bridgehead atoms. The molecule has 1 aromatic carbocycles. The Labute approximate surface area is 240 Å². The number of amides is 1. The number of ether oxygens (including phenoxy) is 1. The first-order valence-corrected chi connectivity index (χ1v) is 12.6. The molecule has 234 valence electrons. The number of benzene rings is 1. The number of carboxylic acids is 2. The zero-order chi connectivity index (χ0) is 32.2. The van der Waals surface area contributed by atoms with Crippen LogP contribution in [0.1, 0.15) is 35.4 Å². The Morgan fingerprint density at radius 2 is 1.49 bits per heavy atom. The van der Waals surface area contributed by atoms with E-state index >= 15 is 0 Å². The van der Waals surface area contributed by atoms with Crippen molar-refractivity contribution in [1.82, 2.24) is 24.2 Å². The quantitative estimate of drug-likeness (QED) is 0.417. The number of aryl methyl sites for hydroxylation is 1. The zero-order valence-corrected chi connectivity index (χ0v) is 22.8. The first-order chi connectivity index (χ1) is 20.0. The van der Waals surface area contributed by atoms with Crippen molar-refractivity contribution in [2.75, 3.05) is 20.2 Å². The number of nitrogens with zero attached hydrogens (tertiary/aromatic N) is 5. The molecule has 0 radical (unpaired) electrons. The lowest BCUT2D eigenvalue weighted by molar-refractivity contribution is -0.193. The Kier molecular flexibility index (Phi) is 9.76. The Hall–Kier alpha value is -4.57. The van der Waals surface area contributed by atoms with Gasteiger partial charge < -0.3 is 24.4 Å². The van der Waals surface area contributed by atoms with Crippen LogP contribution >= 0.6 is 0 Å². The van der Waals surface area contributed by atoms with Crippen LogP contribution in [0.2, 0.25) is 0 Å². The van der Waals surface area contributed by atoms with Gasteiger partial charge in [0.15, 0.2) is 0 Å². The fourth-order valence-corrected chi connectivity index (χ4v) is 4.80. The first-order valence-electron chi connectivity index (χ1n) is 12.6. The molecule has 1 fully saturated rings. The number of likely N-dealkylation sites (tertiary alicyclic amines) is 1. The van der Waals surface area contributed by atoms with Crippen molar-refractivity contribution in [3.05, 3.63) is 54.2 Å². The van der Waals surface area contributed by atoms with Crippen LogP contribution in [0.25, 0.3) is 11.3 Å². The maximum Gasteiger partial charge on any atom is 0.490 e. The fraction of sp³-hybridized carbons (Fsp3) is 0.423. The molecular formula is C26H27F6N5O6. The number of halogens is 6. The third-order valence-corrected chi connectivity index (χ3v) is 6.95. The molecule has 1 spiro atoms. The first kappa shape index (κ1) is 32.9. The molecule has 2 aliphatic heterocycles. The molecular weight excluding hydrogens is 592 g/mol. The lowest BCUT2D eigenvalue weighted by Crippen LogP contribution is -2.44. The van der Waals surface area contributed by atoms with Gasteiger partial charge in [0.05, 0.1) is 25.2 Å². The van der Waals surface area contributed by atoms with Crippen LogP contribution in [-0.4, -0.2) is 84.8 Å². The van der Waals surface area contributed by atoms with Gasteiger partial charge in [0.2, 0.25) is 0 Å². The summed E-state index contributed by atoms with van der Waals surface area (Å²) >= 11 is 0. The van der Waals surface area contributed by atoms with Crippen LogP contribution in [0.5, 0.6) is 5.75 Å². The number of alkyl halides is 6. The van der Waals surface area contributed by atoms with Gasteiger partial charge in [-0.3, -0.25) is 9.48 Å². The number of carbonyl (C=O) groups excluding carboxylic acids is 1. The predicted molar refractivity (Wildman–Crippen MR) is 136 cm³/mol. The minimum absolute atomic E-state index is 0.0750. The number of piperidine rings is 1.